The molecule has 1 N–H and O–H groups in total. The summed E-state index contributed by atoms with van der Waals surface area (Å²) in [6.45, 7) is 2.27. The molecule has 0 atom stereocenters. The number of rotatable bonds is 6. The Kier molecular flexibility index (Phi) is 6.60. The van der Waals surface area contributed by atoms with Crippen molar-refractivity contribution in [2.45, 2.75) is 19.3 Å². The summed E-state index contributed by atoms with van der Waals surface area (Å²) >= 11 is 5.91. The Morgan fingerprint density at radius 1 is 0.967 bits per heavy atom. The van der Waals surface area contributed by atoms with Gasteiger partial charge >= 0.3 is 0 Å². The van der Waals surface area contributed by atoms with E-state index in [9.17, 15) is 4.79 Å². The minimum Gasteiger partial charge on any atom is -0.356 e. The zero-order valence-electron chi connectivity index (χ0n) is 16.8. The maximum absolute atomic E-state index is 12.5. The first-order valence-corrected chi connectivity index (χ1v) is 10.7. The summed E-state index contributed by atoms with van der Waals surface area (Å²) in [5.41, 5.74) is 3.10. The molecule has 0 spiro atoms. The minimum absolute atomic E-state index is 0.0584. The molecule has 154 valence electrons. The molecule has 1 amide bonds. The van der Waals surface area contributed by atoms with Crippen LogP contribution in [0.25, 0.3) is 11.3 Å². The van der Waals surface area contributed by atoms with Gasteiger partial charge in [-0.3, -0.25) is 4.79 Å². The zero-order valence-corrected chi connectivity index (χ0v) is 17.6. The van der Waals surface area contributed by atoms with E-state index in [0.29, 0.717) is 6.54 Å². The highest BCUT2D eigenvalue weighted by Gasteiger charge is 2.25. The average molecular weight is 421 g/mol. The Labute approximate surface area is 182 Å². The van der Waals surface area contributed by atoms with E-state index in [2.05, 4.69) is 20.4 Å². The maximum atomic E-state index is 12.5. The second kappa shape index (κ2) is 9.72. The first kappa shape index (κ1) is 20.4. The predicted molar refractivity (Wildman–Crippen MR) is 121 cm³/mol. The summed E-state index contributed by atoms with van der Waals surface area (Å²) in [7, 11) is 0. The molecule has 30 heavy (non-hydrogen) atoms. The molecule has 1 aliphatic heterocycles. The number of halogens is 1. The molecular weight excluding hydrogens is 396 g/mol. The summed E-state index contributed by atoms with van der Waals surface area (Å²) < 4.78 is 0. The Bertz CT molecular complexity index is 953. The van der Waals surface area contributed by atoms with Gasteiger partial charge < -0.3 is 10.2 Å². The smallest absolute Gasteiger partial charge is 0.223 e. The van der Waals surface area contributed by atoms with E-state index >= 15 is 0 Å². The van der Waals surface area contributed by atoms with Crippen molar-refractivity contribution in [2.24, 2.45) is 5.92 Å². The second-order valence-electron chi connectivity index (χ2n) is 7.57. The first-order chi connectivity index (χ1) is 14.7. The van der Waals surface area contributed by atoms with Gasteiger partial charge in [0.25, 0.3) is 0 Å². The van der Waals surface area contributed by atoms with Gasteiger partial charge in [-0.1, -0.05) is 54.1 Å². The van der Waals surface area contributed by atoms with Crippen LogP contribution in [0.15, 0.2) is 66.7 Å². The first-order valence-electron chi connectivity index (χ1n) is 10.4. The second-order valence-corrected chi connectivity index (χ2v) is 8.01. The summed E-state index contributed by atoms with van der Waals surface area (Å²) in [4.78, 5) is 14.7. The highest BCUT2D eigenvalue weighted by atomic mass is 35.5. The summed E-state index contributed by atoms with van der Waals surface area (Å²) in [5, 5.41) is 12.6. The topological polar surface area (TPSA) is 58.1 Å². The third kappa shape index (κ3) is 5.16. The lowest BCUT2D eigenvalue weighted by atomic mass is 9.96. The summed E-state index contributed by atoms with van der Waals surface area (Å²) in [6.07, 6.45) is 2.47. The summed E-state index contributed by atoms with van der Waals surface area (Å²) in [5.74, 6) is 1.08. The molecule has 0 bridgehead atoms. The predicted octanol–water partition coefficient (Wildman–Crippen LogP) is 4.37. The van der Waals surface area contributed by atoms with Gasteiger partial charge in [0.2, 0.25) is 5.91 Å². The Morgan fingerprint density at radius 3 is 2.37 bits per heavy atom. The Balaban J connectivity index is 1.24. The number of amides is 1. The molecule has 0 radical (unpaired) electrons. The molecule has 1 aliphatic rings. The monoisotopic (exact) mass is 420 g/mol. The normalized spacial score (nSPS) is 14.5. The van der Waals surface area contributed by atoms with Crippen LogP contribution in [0.5, 0.6) is 0 Å². The quantitative estimate of drug-likeness (QED) is 0.643. The molecule has 1 fully saturated rings. The fourth-order valence-electron chi connectivity index (χ4n) is 3.75. The number of carbonyl (C=O) groups is 1. The zero-order chi connectivity index (χ0) is 20.8. The molecule has 4 rings (SSSR count). The molecule has 1 aromatic heterocycles. The van der Waals surface area contributed by atoms with E-state index < -0.39 is 0 Å². The lowest BCUT2D eigenvalue weighted by molar-refractivity contribution is -0.125. The number of hydrogen-bond acceptors (Lipinski definition) is 4. The minimum atomic E-state index is 0.0584. The third-order valence-corrected chi connectivity index (χ3v) is 5.79. The lowest BCUT2D eigenvalue weighted by Gasteiger charge is -2.31. The highest BCUT2D eigenvalue weighted by molar-refractivity contribution is 6.30. The van der Waals surface area contributed by atoms with Crippen LogP contribution in [0.1, 0.15) is 18.4 Å². The number of anilines is 1. The lowest BCUT2D eigenvalue weighted by Crippen LogP contribution is -2.41. The van der Waals surface area contributed by atoms with E-state index in [0.717, 1.165) is 54.4 Å². The molecule has 0 aliphatic carbocycles. The van der Waals surface area contributed by atoms with Gasteiger partial charge in [-0.15, -0.1) is 10.2 Å². The number of hydrogen-bond donors (Lipinski definition) is 1. The van der Waals surface area contributed by atoms with Crippen LogP contribution in [0.2, 0.25) is 5.02 Å². The van der Waals surface area contributed by atoms with Crippen molar-refractivity contribution in [2.75, 3.05) is 24.5 Å². The van der Waals surface area contributed by atoms with Gasteiger partial charge in [0.1, 0.15) is 0 Å². The molecule has 0 unspecified atom stereocenters. The number of nitrogens with one attached hydrogen (secondary N) is 1. The van der Waals surface area contributed by atoms with Crippen molar-refractivity contribution >= 4 is 23.3 Å². The van der Waals surface area contributed by atoms with Crippen LogP contribution >= 0.6 is 11.6 Å². The standard InChI is InChI=1S/C24H25ClN4O/c25-21-8-6-18(7-9-21)12-15-26-24(30)20-13-16-29(17-14-20)23-11-10-22(27-28-23)19-4-2-1-3-5-19/h1-11,20H,12-17H2,(H,26,30). The largest absolute Gasteiger partial charge is 0.356 e. The molecule has 3 aromatic rings. The highest BCUT2D eigenvalue weighted by Crippen LogP contribution is 2.23. The van der Waals surface area contributed by atoms with Gasteiger partial charge in [0.15, 0.2) is 5.82 Å². The van der Waals surface area contributed by atoms with Gasteiger partial charge in [-0.25, -0.2) is 0 Å². The molecular formula is C24H25ClN4O. The number of aromatic nitrogens is 2. The van der Waals surface area contributed by atoms with Crippen molar-refractivity contribution in [1.29, 1.82) is 0 Å². The Morgan fingerprint density at radius 2 is 1.70 bits per heavy atom. The summed E-state index contributed by atoms with van der Waals surface area (Å²) in [6, 6.07) is 21.8. The molecule has 5 nitrogen and oxygen atoms in total. The SMILES string of the molecule is O=C(NCCc1ccc(Cl)cc1)C1CCN(c2ccc(-c3ccccc3)nn2)CC1. The van der Waals surface area contributed by atoms with Crippen LogP contribution in [-0.2, 0) is 11.2 Å². The van der Waals surface area contributed by atoms with E-state index in [1.54, 1.807) is 0 Å². The number of piperidine rings is 1. The third-order valence-electron chi connectivity index (χ3n) is 5.54. The van der Waals surface area contributed by atoms with E-state index in [4.69, 9.17) is 11.6 Å². The fourth-order valence-corrected chi connectivity index (χ4v) is 3.88. The van der Waals surface area contributed by atoms with Crippen molar-refractivity contribution in [3.05, 3.63) is 77.3 Å². The van der Waals surface area contributed by atoms with E-state index in [-0.39, 0.29) is 11.8 Å². The number of nitrogens with zero attached hydrogens (tertiary/aromatic N) is 3. The number of benzene rings is 2. The molecule has 1 saturated heterocycles. The molecule has 6 heteroatoms. The van der Waals surface area contributed by atoms with Crippen LogP contribution in [0.4, 0.5) is 5.82 Å². The average Bonchev–Trinajstić information content (AvgIpc) is 2.81. The van der Waals surface area contributed by atoms with Crippen LogP contribution in [-0.4, -0.2) is 35.7 Å². The number of carbonyl (C=O) groups excluding carboxylic acids is 1. The van der Waals surface area contributed by atoms with Crippen LogP contribution in [0.3, 0.4) is 0 Å². The van der Waals surface area contributed by atoms with E-state index in [1.165, 1.54) is 5.56 Å². The molecule has 0 saturated carbocycles. The van der Waals surface area contributed by atoms with Gasteiger partial charge in [0.05, 0.1) is 5.69 Å². The van der Waals surface area contributed by atoms with Crippen molar-refractivity contribution < 1.29 is 4.79 Å². The van der Waals surface area contributed by atoms with Crippen molar-refractivity contribution in [3.63, 3.8) is 0 Å². The molecule has 2 heterocycles. The van der Waals surface area contributed by atoms with Crippen molar-refractivity contribution in [3.8, 4) is 11.3 Å². The molecule has 2 aromatic carbocycles. The Hall–Kier alpha value is -2.92. The van der Waals surface area contributed by atoms with E-state index in [1.807, 2.05) is 66.7 Å². The van der Waals surface area contributed by atoms with Crippen molar-refractivity contribution in [1.82, 2.24) is 15.5 Å². The van der Waals surface area contributed by atoms with Gasteiger partial charge in [-0.2, -0.15) is 0 Å². The maximum Gasteiger partial charge on any atom is 0.223 e. The van der Waals surface area contributed by atoms with Gasteiger partial charge in [-0.05, 0) is 49.1 Å². The van der Waals surface area contributed by atoms with Crippen LogP contribution in [0, 0.1) is 5.92 Å². The fraction of sp³-hybridized carbons (Fsp3) is 0.292. The van der Waals surface area contributed by atoms with Crippen LogP contribution < -0.4 is 10.2 Å². The van der Waals surface area contributed by atoms with Gasteiger partial charge in [0, 0.05) is 36.1 Å².